The summed E-state index contributed by atoms with van der Waals surface area (Å²) in [4.78, 5) is 0. The Hall–Kier alpha value is -0.270. The first-order chi connectivity index (χ1) is 8.59. The fourth-order valence-electron chi connectivity index (χ4n) is 2.75. The van der Waals surface area contributed by atoms with E-state index in [-0.39, 0.29) is 11.2 Å². The largest absolute Gasteiger partial charge is 0.207 e. The van der Waals surface area contributed by atoms with Gasteiger partial charge in [-0.05, 0) is 42.9 Å². The Labute approximate surface area is 118 Å². The number of benzene rings is 1. The van der Waals surface area contributed by atoms with Crippen LogP contribution in [0.25, 0.3) is 0 Å². The van der Waals surface area contributed by atoms with Gasteiger partial charge >= 0.3 is 0 Å². The maximum Gasteiger partial charge on any atom is 0.127 e. The number of aryl methyl sites for hydroxylation is 1. The molecule has 0 aromatic heterocycles. The van der Waals surface area contributed by atoms with Crippen molar-refractivity contribution in [2.75, 3.05) is 0 Å². The summed E-state index contributed by atoms with van der Waals surface area (Å²) in [5, 5.41) is 0.372. The predicted octanol–water partition coefficient (Wildman–Crippen LogP) is 6.04. The van der Waals surface area contributed by atoms with Gasteiger partial charge in [-0.2, -0.15) is 0 Å². The molecule has 0 saturated heterocycles. The van der Waals surface area contributed by atoms with E-state index in [9.17, 15) is 4.39 Å². The van der Waals surface area contributed by atoms with Gasteiger partial charge in [0, 0.05) is 5.02 Å². The minimum atomic E-state index is -0.256. The first kappa shape index (κ1) is 14.1. The molecule has 0 heterocycles. The fourth-order valence-corrected chi connectivity index (χ4v) is 3.50. The maximum atomic E-state index is 13.4. The van der Waals surface area contributed by atoms with E-state index in [2.05, 4.69) is 0 Å². The summed E-state index contributed by atoms with van der Waals surface area (Å²) in [6.45, 7) is 1.76. The minimum Gasteiger partial charge on any atom is -0.207 e. The molecule has 100 valence electrons. The minimum absolute atomic E-state index is 0.0881. The molecule has 1 aromatic rings. The van der Waals surface area contributed by atoms with Crippen LogP contribution in [-0.4, -0.2) is 0 Å². The van der Waals surface area contributed by atoms with E-state index in [4.69, 9.17) is 23.2 Å². The van der Waals surface area contributed by atoms with Crippen LogP contribution in [0.3, 0.4) is 0 Å². The van der Waals surface area contributed by atoms with Crippen molar-refractivity contribution < 1.29 is 4.39 Å². The monoisotopic (exact) mass is 288 g/mol. The molecule has 1 aromatic carbocycles. The molecule has 1 aliphatic rings. The average Bonchev–Trinajstić information content (AvgIpc) is 2.61. The summed E-state index contributed by atoms with van der Waals surface area (Å²) in [6, 6.07) is 3.19. The Morgan fingerprint density at radius 3 is 2.39 bits per heavy atom. The average molecular weight is 289 g/mol. The number of alkyl halides is 1. The molecule has 1 unspecified atom stereocenters. The van der Waals surface area contributed by atoms with Crippen LogP contribution >= 0.6 is 23.2 Å². The van der Waals surface area contributed by atoms with Crippen molar-refractivity contribution in [1.82, 2.24) is 0 Å². The van der Waals surface area contributed by atoms with E-state index in [0.717, 1.165) is 18.4 Å². The molecule has 0 nitrogen and oxygen atoms in total. The fraction of sp³-hybridized carbons (Fsp3) is 0.600. The molecule has 0 bridgehead atoms. The molecular formula is C15H19Cl2F. The second-order valence-electron chi connectivity index (χ2n) is 5.28. The molecule has 0 N–H and O–H groups in total. The summed E-state index contributed by atoms with van der Waals surface area (Å²) in [5.41, 5.74) is 1.51. The third kappa shape index (κ3) is 3.19. The van der Waals surface area contributed by atoms with Gasteiger partial charge in [0.05, 0.1) is 5.38 Å². The molecule has 1 saturated carbocycles. The molecule has 0 radical (unpaired) electrons. The summed E-state index contributed by atoms with van der Waals surface area (Å²) < 4.78 is 13.4. The van der Waals surface area contributed by atoms with Crippen molar-refractivity contribution in [3.05, 3.63) is 34.1 Å². The molecule has 2 rings (SSSR count). The summed E-state index contributed by atoms with van der Waals surface area (Å²) in [6.07, 6.45) is 7.39. The lowest BCUT2D eigenvalue weighted by atomic mass is 9.91. The first-order valence-electron chi connectivity index (χ1n) is 6.69. The lowest BCUT2D eigenvalue weighted by molar-refractivity contribution is 0.444. The van der Waals surface area contributed by atoms with Gasteiger partial charge in [0.15, 0.2) is 0 Å². The Morgan fingerprint density at radius 1 is 1.17 bits per heavy atom. The Morgan fingerprint density at radius 2 is 1.78 bits per heavy atom. The van der Waals surface area contributed by atoms with E-state index in [1.807, 2.05) is 0 Å². The lowest BCUT2D eigenvalue weighted by Gasteiger charge is -2.22. The van der Waals surface area contributed by atoms with Crippen LogP contribution in [-0.2, 0) is 0 Å². The molecule has 1 aliphatic carbocycles. The third-order valence-electron chi connectivity index (χ3n) is 3.89. The Balaban J connectivity index is 2.21. The zero-order chi connectivity index (χ0) is 13.1. The van der Waals surface area contributed by atoms with E-state index < -0.39 is 0 Å². The van der Waals surface area contributed by atoms with Gasteiger partial charge in [0.25, 0.3) is 0 Å². The van der Waals surface area contributed by atoms with E-state index in [1.54, 1.807) is 13.0 Å². The van der Waals surface area contributed by atoms with E-state index >= 15 is 0 Å². The molecule has 0 amide bonds. The van der Waals surface area contributed by atoms with Crippen LogP contribution in [0.4, 0.5) is 4.39 Å². The summed E-state index contributed by atoms with van der Waals surface area (Å²) in [5.74, 6) is 0.213. The smallest absolute Gasteiger partial charge is 0.127 e. The van der Waals surface area contributed by atoms with Crippen molar-refractivity contribution >= 4 is 23.2 Å². The predicted molar refractivity (Wildman–Crippen MR) is 75.9 cm³/mol. The highest BCUT2D eigenvalue weighted by molar-refractivity contribution is 6.32. The standard InChI is InChI=1S/C15H19Cl2F/c1-10-8-12(13(16)9-14(10)18)15(17)11-6-4-2-3-5-7-11/h8-9,11,15H,2-7H2,1H3. The highest BCUT2D eigenvalue weighted by Gasteiger charge is 2.24. The maximum absolute atomic E-state index is 13.4. The molecule has 18 heavy (non-hydrogen) atoms. The lowest BCUT2D eigenvalue weighted by Crippen LogP contribution is -2.08. The Bertz CT molecular complexity index is 409. The van der Waals surface area contributed by atoms with Gasteiger partial charge in [-0.3, -0.25) is 0 Å². The highest BCUT2D eigenvalue weighted by Crippen LogP contribution is 2.41. The molecular weight excluding hydrogens is 270 g/mol. The number of halogens is 3. The topological polar surface area (TPSA) is 0 Å². The summed E-state index contributed by atoms with van der Waals surface area (Å²) in [7, 11) is 0. The van der Waals surface area contributed by atoms with Crippen molar-refractivity contribution in [2.24, 2.45) is 5.92 Å². The van der Waals surface area contributed by atoms with Gasteiger partial charge in [-0.15, -0.1) is 11.6 Å². The zero-order valence-corrected chi connectivity index (χ0v) is 12.2. The van der Waals surface area contributed by atoms with Gasteiger partial charge in [-0.25, -0.2) is 4.39 Å². The normalized spacial score (nSPS) is 19.6. The second kappa shape index (κ2) is 6.25. The first-order valence-corrected chi connectivity index (χ1v) is 7.50. The van der Waals surface area contributed by atoms with Crippen LogP contribution in [0.15, 0.2) is 12.1 Å². The van der Waals surface area contributed by atoms with Crippen molar-refractivity contribution in [2.45, 2.75) is 50.8 Å². The van der Waals surface area contributed by atoms with Gasteiger partial charge in [0.1, 0.15) is 5.82 Å². The Kier molecular flexibility index (Phi) is 4.91. The van der Waals surface area contributed by atoms with E-state index in [1.165, 1.54) is 31.7 Å². The van der Waals surface area contributed by atoms with Crippen LogP contribution in [0, 0.1) is 18.7 Å². The SMILES string of the molecule is Cc1cc(C(Cl)C2CCCCCC2)c(Cl)cc1F. The molecule has 0 aliphatic heterocycles. The number of rotatable bonds is 2. The van der Waals surface area contributed by atoms with Crippen LogP contribution in [0.5, 0.6) is 0 Å². The van der Waals surface area contributed by atoms with Crippen LogP contribution in [0.1, 0.15) is 55.0 Å². The summed E-state index contributed by atoms with van der Waals surface area (Å²) >= 11 is 12.7. The molecule has 1 fully saturated rings. The number of hydrogen-bond acceptors (Lipinski definition) is 0. The van der Waals surface area contributed by atoms with Crippen LogP contribution < -0.4 is 0 Å². The van der Waals surface area contributed by atoms with Crippen molar-refractivity contribution in [1.29, 1.82) is 0 Å². The van der Waals surface area contributed by atoms with Crippen molar-refractivity contribution in [3.63, 3.8) is 0 Å². The molecule has 1 atom stereocenters. The molecule has 0 spiro atoms. The molecule has 3 heteroatoms. The van der Waals surface area contributed by atoms with Gasteiger partial charge in [0.2, 0.25) is 0 Å². The van der Waals surface area contributed by atoms with Crippen molar-refractivity contribution in [3.8, 4) is 0 Å². The van der Waals surface area contributed by atoms with Gasteiger partial charge < -0.3 is 0 Å². The third-order valence-corrected chi connectivity index (χ3v) is 4.81. The van der Waals surface area contributed by atoms with Crippen LogP contribution in [0.2, 0.25) is 5.02 Å². The number of hydrogen-bond donors (Lipinski definition) is 0. The zero-order valence-electron chi connectivity index (χ0n) is 10.7. The van der Waals surface area contributed by atoms with E-state index in [0.29, 0.717) is 16.5 Å². The second-order valence-corrected chi connectivity index (χ2v) is 6.15. The highest BCUT2D eigenvalue weighted by atomic mass is 35.5. The quantitative estimate of drug-likeness (QED) is 0.460. The van der Waals surface area contributed by atoms with Gasteiger partial charge in [-0.1, -0.05) is 43.4 Å².